The third kappa shape index (κ3) is 2.31. The van der Waals surface area contributed by atoms with Crippen LogP contribution in [0.25, 0.3) is 0 Å². The van der Waals surface area contributed by atoms with E-state index in [0.717, 1.165) is 0 Å². The van der Waals surface area contributed by atoms with Gasteiger partial charge in [0.15, 0.2) is 0 Å². The van der Waals surface area contributed by atoms with Crippen LogP contribution in [-0.2, 0) is 19.4 Å². The molecule has 0 aromatic heterocycles. The average Bonchev–Trinajstić information content (AvgIpc) is 2.87. The molecule has 2 heteroatoms. The minimum atomic E-state index is 0.605. The van der Waals surface area contributed by atoms with Gasteiger partial charge in [-0.15, -0.1) is 0 Å². The van der Waals surface area contributed by atoms with Gasteiger partial charge in [0, 0.05) is 16.3 Å². The van der Waals surface area contributed by atoms with Crippen molar-refractivity contribution in [3.05, 3.63) is 59.2 Å². The van der Waals surface area contributed by atoms with E-state index in [1.807, 2.05) is 11.8 Å². The van der Waals surface area contributed by atoms with Gasteiger partial charge in [-0.3, -0.25) is 0 Å². The summed E-state index contributed by atoms with van der Waals surface area (Å²) >= 11 is 1.82. The lowest BCUT2D eigenvalue weighted by atomic mass is 10.1. The fraction of sp³-hybridized carbons (Fsp3) is 0.250. The first-order valence-electron chi connectivity index (χ1n) is 6.44. The van der Waals surface area contributed by atoms with Crippen molar-refractivity contribution in [2.45, 2.75) is 35.6 Å². The molecule has 0 heterocycles. The number of benzene rings is 2. The Bertz CT molecular complexity index is 563. The number of rotatable bonds is 3. The maximum Gasteiger partial charge on any atom is 0.0189 e. The number of hydrogen-bond donors (Lipinski definition) is 1. The molecule has 1 aliphatic rings. The predicted octanol–water partition coefficient (Wildman–Crippen LogP) is 3.79. The highest BCUT2D eigenvalue weighted by Gasteiger charge is 2.11. The molecule has 0 atom stereocenters. The van der Waals surface area contributed by atoms with E-state index in [4.69, 9.17) is 5.73 Å². The summed E-state index contributed by atoms with van der Waals surface area (Å²) in [5, 5.41) is 0. The molecule has 0 aliphatic heterocycles. The first kappa shape index (κ1) is 11.8. The van der Waals surface area contributed by atoms with Crippen LogP contribution in [0.4, 0.5) is 0 Å². The molecular formula is C16H17NS. The summed E-state index contributed by atoms with van der Waals surface area (Å²) in [7, 11) is 0. The second-order valence-corrected chi connectivity index (χ2v) is 5.81. The highest BCUT2D eigenvalue weighted by atomic mass is 32.2. The first-order chi connectivity index (χ1) is 8.86. The van der Waals surface area contributed by atoms with E-state index >= 15 is 0 Å². The Morgan fingerprint density at radius 1 is 1.00 bits per heavy atom. The van der Waals surface area contributed by atoms with E-state index < -0.39 is 0 Å². The molecule has 0 amide bonds. The SMILES string of the molecule is NCc1ccccc1Sc1ccc2c(c1)CCC2. The Morgan fingerprint density at radius 3 is 2.72 bits per heavy atom. The van der Waals surface area contributed by atoms with E-state index in [2.05, 4.69) is 42.5 Å². The van der Waals surface area contributed by atoms with Crippen LogP contribution in [-0.4, -0.2) is 0 Å². The van der Waals surface area contributed by atoms with E-state index in [-0.39, 0.29) is 0 Å². The van der Waals surface area contributed by atoms with Gasteiger partial charge in [-0.25, -0.2) is 0 Å². The van der Waals surface area contributed by atoms with Gasteiger partial charge in [0.1, 0.15) is 0 Å². The number of nitrogens with two attached hydrogens (primary N) is 1. The maximum absolute atomic E-state index is 5.78. The van der Waals surface area contributed by atoms with Gasteiger partial charge >= 0.3 is 0 Å². The van der Waals surface area contributed by atoms with E-state index in [1.54, 1.807) is 0 Å². The lowest BCUT2D eigenvalue weighted by Gasteiger charge is -2.08. The zero-order valence-electron chi connectivity index (χ0n) is 10.4. The molecule has 1 aliphatic carbocycles. The lowest BCUT2D eigenvalue weighted by Crippen LogP contribution is -1.97. The molecule has 0 bridgehead atoms. The lowest BCUT2D eigenvalue weighted by molar-refractivity contribution is 0.911. The molecule has 18 heavy (non-hydrogen) atoms. The normalized spacial score (nSPS) is 13.6. The van der Waals surface area contributed by atoms with Crippen LogP contribution in [0.2, 0.25) is 0 Å². The zero-order chi connectivity index (χ0) is 12.4. The number of fused-ring (bicyclic) bond motifs is 1. The van der Waals surface area contributed by atoms with Crippen LogP contribution >= 0.6 is 11.8 Å². The highest BCUT2D eigenvalue weighted by molar-refractivity contribution is 7.99. The van der Waals surface area contributed by atoms with Crippen LogP contribution in [0.15, 0.2) is 52.3 Å². The molecule has 1 nitrogen and oxygen atoms in total. The monoisotopic (exact) mass is 255 g/mol. The van der Waals surface area contributed by atoms with Gasteiger partial charge in [0.05, 0.1) is 0 Å². The second-order valence-electron chi connectivity index (χ2n) is 4.70. The van der Waals surface area contributed by atoms with Crippen molar-refractivity contribution in [2.75, 3.05) is 0 Å². The van der Waals surface area contributed by atoms with Crippen molar-refractivity contribution in [3.63, 3.8) is 0 Å². The summed E-state index contributed by atoms with van der Waals surface area (Å²) in [6.07, 6.45) is 3.80. The number of aryl methyl sites for hydroxylation is 2. The fourth-order valence-corrected chi connectivity index (χ4v) is 3.53. The smallest absolute Gasteiger partial charge is 0.0189 e. The topological polar surface area (TPSA) is 26.0 Å². The first-order valence-corrected chi connectivity index (χ1v) is 7.26. The summed E-state index contributed by atoms with van der Waals surface area (Å²) in [5.41, 5.74) is 10.1. The minimum Gasteiger partial charge on any atom is -0.326 e. The van der Waals surface area contributed by atoms with Gasteiger partial charge in [-0.1, -0.05) is 36.0 Å². The van der Waals surface area contributed by atoms with Crippen LogP contribution in [0.1, 0.15) is 23.1 Å². The Morgan fingerprint density at radius 2 is 1.83 bits per heavy atom. The van der Waals surface area contributed by atoms with Gasteiger partial charge < -0.3 is 5.73 Å². The summed E-state index contributed by atoms with van der Waals surface area (Å²) in [4.78, 5) is 2.61. The third-order valence-corrected chi connectivity index (χ3v) is 4.60. The molecule has 0 saturated carbocycles. The summed E-state index contributed by atoms with van der Waals surface area (Å²) in [5.74, 6) is 0. The molecule has 2 aromatic carbocycles. The Balaban J connectivity index is 1.88. The third-order valence-electron chi connectivity index (χ3n) is 3.49. The molecule has 3 rings (SSSR count). The largest absolute Gasteiger partial charge is 0.326 e. The van der Waals surface area contributed by atoms with Crippen LogP contribution in [0.5, 0.6) is 0 Å². The maximum atomic E-state index is 5.78. The predicted molar refractivity (Wildman–Crippen MR) is 76.9 cm³/mol. The summed E-state index contributed by atoms with van der Waals surface area (Å²) < 4.78 is 0. The molecule has 92 valence electrons. The summed E-state index contributed by atoms with van der Waals surface area (Å²) in [6, 6.07) is 15.3. The average molecular weight is 255 g/mol. The molecule has 2 aromatic rings. The van der Waals surface area contributed by atoms with Gasteiger partial charge in [0.25, 0.3) is 0 Å². The second kappa shape index (κ2) is 5.17. The molecular weight excluding hydrogens is 238 g/mol. The Hall–Kier alpha value is -1.25. The van der Waals surface area contributed by atoms with Gasteiger partial charge in [-0.05, 0) is 54.2 Å². The zero-order valence-corrected chi connectivity index (χ0v) is 11.2. The van der Waals surface area contributed by atoms with Crippen molar-refractivity contribution in [3.8, 4) is 0 Å². The van der Waals surface area contributed by atoms with Crippen molar-refractivity contribution >= 4 is 11.8 Å². The molecule has 0 fully saturated rings. The van der Waals surface area contributed by atoms with Crippen molar-refractivity contribution < 1.29 is 0 Å². The van der Waals surface area contributed by atoms with Gasteiger partial charge in [-0.2, -0.15) is 0 Å². The number of hydrogen-bond acceptors (Lipinski definition) is 2. The van der Waals surface area contributed by atoms with E-state index in [9.17, 15) is 0 Å². The van der Waals surface area contributed by atoms with Gasteiger partial charge in [0.2, 0.25) is 0 Å². The molecule has 0 saturated heterocycles. The summed E-state index contributed by atoms with van der Waals surface area (Å²) in [6.45, 7) is 0.605. The van der Waals surface area contributed by atoms with Crippen LogP contribution in [0.3, 0.4) is 0 Å². The minimum absolute atomic E-state index is 0.605. The molecule has 0 spiro atoms. The molecule has 2 N–H and O–H groups in total. The quantitative estimate of drug-likeness (QED) is 0.903. The van der Waals surface area contributed by atoms with E-state index in [1.165, 1.54) is 45.7 Å². The molecule has 0 unspecified atom stereocenters. The standard InChI is InChI=1S/C16H17NS/c17-11-14-4-1-2-7-16(14)18-15-9-8-12-5-3-6-13(12)10-15/h1-2,4,7-10H,3,5-6,11,17H2. The van der Waals surface area contributed by atoms with Crippen molar-refractivity contribution in [1.29, 1.82) is 0 Å². The van der Waals surface area contributed by atoms with Crippen molar-refractivity contribution in [1.82, 2.24) is 0 Å². The van der Waals surface area contributed by atoms with Crippen LogP contribution in [0, 0.1) is 0 Å². The molecule has 0 radical (unpaired) electrons. The fourth-order valence-electron chi connectivity index (χ4n) is 2.51. The Kier molecular flexibility index (Phi) is 3.39. The van der Waals surface area contributed by atoms with Crippen LogP contribution < -0.4 is 5.73 Å². The van der Waals surface area contributed by atoms with Crippen molar-refractivity contribution in [2.24, 2.45) is 5.73 Å². The highest BCUT2D eigenvalue weighted by Crippen LogP contribution is 2.33. The van der Waals surface area contributed by atoms with E-state index in [0.29, 0.717) is 6.54 Å². The Labute approximate surface area is 112 Å².